The molecule has 0 aliphatic rings. The molecule has 0 unspecified atom stereocenters. The summed E-state index contributed by atoms with van der Waals surface area (Å²) in [6.07, 6.45) is 3.12. The number of benzene rings is 3. The number of aromatic nitrogens is 1. The molecule has 0 aliphatic carbocycles. The number of phenolic OH excluding ortho intramolecular Hbond substituents is 1. The molecule has 0 aliphatic heterocycles. The van der Waals surface area contributed by atoms with Crippen molar-refractivity contribution in [1.29, 1.82) is 0 Å². The Kier molecular flexibility index (Phi) is 6.54. The lowest BCUT2D eigenvalue weighted by Crippen LogP contribution is -2.11. The number of rotatable bonds is 6. The quantitative estimate of drug-likeness (QED) is 0.269. The summed E-state index contributed by atoms with van der Waals surface area (Å²) in [7, 11) is 3.79. The zero-order valence-corrected chi connectivity index (χ0v) is 19.0. The van der Waals surface area contributed by atoms with E-state index in [-0.39, 0.29) is 17.3 Å². The summed E-state index contributed by atoms with van der Waals surface area (Å²) in [5, 5.41) is 11.5. The summed E-state index contributed by atoms with van der Waals surface area (Å²) in [4.78, 5) is 19.4. The van der Waals surface area contributed by atoms with Gasteiger partial charge in [0.1, 0.15) is 11.6 Å². The van der Waals surface area contributed by atoms with Crippen LogP contribution < -0.4 is 0 Å². The number of pyridine rings is 1. The number of fused-ring (bicyclic) bond motifs is 1. The Labute approximate surface area is 196 Å². The highest BCUT2D eigenvalue weighted by atomic mass is 35.5. The van der Waals surface area contributed by atoms with Gasteiger partial charge in [0.2, 0.25) is 0 Å². The van der Waals surface area contributed by atoms with Crippen molar-refractivity contribution in [2.75, 3.05) is 14.1 Å². The van der Waals surface area contributed by atoms with Crippen LogP contribution in [0.1, 0.15) is 21.6 Å². The van der Waals surface area contributed by atoms with Crippen LogP contribution in [-0.2, 0) is 6.54 Å². The van der Waals surface area contributed by atoms with E-state index >= 15 is 0 Å². The molecule has 4 aromatic rings. The lowest BCUT2D eigenvalue weighted by molar-refractivity contribution is 0.104. The molecule has 0 atom stereocenters. The molecule has 0 spiro atoms. The normalized spacial score (nSPS) is 11.5. The van der Waals surface area contributed by atoms with E-state index < -0.39 is 0 Å². The van der Waals surface area contributed by atoms with Crippen molar-refractivity contribution in [2.24, 2.45) is 0 Å². The molecule has 1 aromatic heterocycles. The number of ketones is 1. The molecule has 6 heteroatoms. The van der Waals surface area contributed by atoms with Gasteiger partial charge in [-0.2, -0.15) is 0 Å². The van der Waals surface area contributed by atoms with Crippen LogP contribution in [-0.4, -0.2) is 34.9 Å². The van der Waals surface area contributed by atoms with Crippen LogP contribution >= 0.6 is 11.6 Å². The zero-order chi connectivity index (χ0) is 23.5. The van der Waals surface area contributed by atoms with Crippen LogP contribution in [0.25, 0.3) is 28.1 Å². The number of hydrogen-bond acceptors (Lipinski definition) is 4. The third-order valence-corrected chi connectivity index (χ3v) is 5.44. The smallest absolute Gasteiger partial charge is 0.185 e. The molecule has 1 N–H and O–H groups in total. The highest BCUT2D eigenvalue weighted by Gasteiger charge is 2.11. The molecule has 0 fully saturated rings. The fourth-order valence-corrected chi connectivity index (χ4v) is 3.81. The molecular formula is C27H22ClFN2O2. The minimum absolute atomic E-state index is 0.156. The van der Waals surface area contributed by atoms with Crippen LogP contribution in [0.5, 0.6) is 5.75 Å². The van der Waals surface area contributed by atoms with Crippen molar-refractivity contribution in [2.45, 2.75) is 6.54 Å². The maximum atomic E-state index is 13.5. The van der Waals surface area contributed by atoms with E-state index in [1.165, 1.54) is 24.3 Å². The van der Waals surface area contributed by atoms with Gasteiger partial charge >= 0.3 is 0 Å². The Balaban J connectivity index is 1.71. The number of phenols is 1. The lowest BCUT2D eigenvalue weighted by atomic mass is 9.99. The van der Waals surface area contributed by atoms with Crippen molar-refractivity contribution < 1.29 is 14.3 Å². The van der Waals surface area contributed by atoms with Crippen molar-refractivity contribution >= 4 is 34.4 Å². The highest BCUT2D eigenvalue weighted by molar-refractivity contribution is 6.31. The molecule has 0 amide bonds. The van der Waals surface area contributed by atoms with E-state index in [1.807, 2.05) is 37.2 Å². The first-order chi connectivity index (χ1) is 15.8. The average Bonchev–Trinajstić information content (AvgIpc) is 2.79. The minimum Gasteiger partial charge on any atom is -0.508 e. The van der Waals surface area contributed by atoms with Gasteiger partial charge in [-0.25, -0.2) is 9.37 Å². The average molecular weight is 461 g/mol. The number of carbonyl (C=O) groups excluding carboxylic acids is 1. The number of nitrogens with zero attached hydrogens (tertiary/aromatic N) is 2. The van der Waals surface area contributed by atoms with Gasteiger partial charge in [-0.3, -0.25) is 4.79 Å². The van der Waals surface area contributed by atoms with Gasteiger partial charge in [0.15, 0.2) is 5.78 Å². The Morgan fingerprint density at radius 3 is 2.55 bits per heavy atom. The summed E-state index contributed by atoms with van der Waals surface area (Å²) in [5.74, 6) is -0.359. The molecular weight excluding hydrogens is 439 g/mol. The summed E-state index contributed by atoms with van der Waals surface area (Å²) in [6.45, 7) is 0.520. The number of hydrogen-bond donors (Lipinski definition) is 1. The first-order valence-corrected chi connectivity index (χ1v) is 10.7. The third kappa shape index (κ3) is 5.28. The molecule has 0 radical (unpaired) electrons. The number of allylic oxidation sites excluding steroid dienone is 1. The van der Waals surface area contributed by atoms with E-state index in [4.69, 9.17) is 11.6 Å². The predicted octanol–water partition coefficient (Wildman–Crippen LogP) is 6.36. The largest absolute Gasteiger partial charge is 0.508 e. The maximum absolute atomic E-state index is 13.5. The monoisotopic (exact) mass is 460 g/mol. The minimum atomic E-state index is -0.316. The Hall–Kier alpha value is -3.54. The molecule has 166 valence electrons. The van der Waals surface area contributed by atoms with Crippen molar-refractivity contribution in [1.82, 2.24) is 9.88 Å². The molecule has 33 heavy (non-hydrogen) atoms. The fourth-order valence-electron chi connectivity index (χ4n) is 3.64. The molecule has 0 saturated carbocycles. The summed E-state index contributed by atoms with van der Waals surface area (Å²) < 4.78 is 13.5. The van der Waals surface area contributed by atoms with Crippen LogP contribution in [0, 0.1) is 5.82 Å². The molecule has 3 aromatic carbocycles. The second-order valence-electron chi connectivity index (χ2n) is 8.04. The molecule has 1 heterocycles. The maximum Gasteiger partial charge on any atom is 0.185 e. The topological polar surface area (TPSA) is 53.4 Å². The van der Waals surface area contributed by atoms with E-state index in [0.717, 1.165) is 16.5 Å². The third-order valence-electron chi connectivity index (χ3n) is 5.20. The fraction of sp³-hybridized carbons (Fsp3) is 0.111. The van der Waals surface area contributed by atoms with Crippen molar-refractivity contribution in [3.8, 4) is 16.9 Å². The SMILES string of the molecule is CN(C)Cc1cc(C(=O)/C=C/c2cc(-c3ccc(F)cc3)c3cc(Cl)ccc3n2)ccc1O. The van der Waals surface area contributed by atoms with Gasteiger partial charge in [-0.1, -0.05) is 23.7 Å². The van der Waals surface area contributed by atoms with Gasteiger partial charge in [0, 0.05) is 28.1 Å². The first kappa shape index (κ1) is 22.6. The van der Waals surface area contributed by atoms with Crippen LogP contribution in [0.15, 0.2) is 72.8 Å². The van der Waals surface area contributed by atoms with E-state index in [1.54, 1.807) is 36.4 Å². The van der Waals surface area contributed by atoms with Crippen molar-refractivity contribution in [3.63, 3.8) is 0 Å². The lowest BCUT2D eigenvalue weighted by Gasteiger charge is -2.12. The predicted molar refractivity (Wildman–Crippen MR) is 131 cm³/mol. The van der Waals surface area contributed by atoms with Gasteiger partial charge in [-0.05, 0) is 92.0 Å². The van der Waals surface area contributed by atoms with Crippen LogP contribution in [0.4, 0.5) is 4.39 Å². The molecule has 0 bridgehead atoms. The standard InChI is InChI=1S/C27H22ClFN2O2/c1-31(2)16-19-13-18(5-11-27(19)33)26(32)12-9-22-15-23(17-3-7-21(29)8-4-17)24-14-20(28)6-10-25(24)30-22/h3-15,33H,16H2,1-2H3/b12-9+. The van der Waals surface area contributed by atoms with Gasteiger partial charge in [0.25, 0.3) is 0 Å². The second-order valence-corrected chi connectivity index (χ2v) is 8.48. The molecule has 0 saturated heterocycles. The van der Waals surface area contributed by atoms with E-state index in [2.05, 4.69) is 4.98 Å². The van der Waals surface area contributed by atoms with E-state index in [9.17, 15) is 14.3 Å². The Morgan fingerprint density at radius 2 is 1.82 bits per heavy atom. The Bertz CT molecular complexity index is 1360. The number of carbonyl (C=O) groups is 1. The van der Waals surface area contributed by atoms with E-state index in [0.29, 0.717) is 33.9 Å². The summed E-state index contributed by atoms with van der Waals surface area (Å²) in [6, 6.07) is 18.3. The summed E-state index contributed by atoms with van der Waals surface area (Å²) in [5.41, 5.74) is 4.12. The first-order valence-electron chi connectivity index (χ1n) is 10.4. The summed E-state index contributed by atoms with van der Waals surface area (Å²) >= 11 is 6.20. The Morgan fingerprint density at radius 1 is 1.06 bits per heavy atom. The van der Waals surface area contributed by atoms with Crippen LogP contribution in [0.2, 0.25) is 5.02 Å². The van der Waals surface area contributed by atoms with Gasteiger partial charge < -0.3 is 10.0 Å². The number of halogens is 2. The zero-order valence-electron chi connectivity index (χ0n) is 18.2. The molecule has 4 rings (SSSR count). The number of aromatic hydroxyl groups is 1. The van der Waals surface area contributed by atoms with Crippen LogP contribution in [0.3, 0.4) is 0 Å². The van der Waals surface area contributed by atoms with Gasteiger partial charge in [0.05, 0.1) is 11.2 Å². The second kappa shape index (κ2) is 9.53. The van der Waals surface area contributed by atoms with Crippen molar-refractivity contribution in [3.05, 3.63) is 100 Å². The van der Waals surface area contributed by atoms with Gasteiger partial charge in [-0.15, -0.1) is 0 Å². The highest BCUT2D eigenvalue weighted by Crippen LogP contribution is 2.31. The molecule has 4 nitrogen and oxygen atoms in total.